The number of carbonyl (C=O) groups excluding carboxylic acids is 1. The van der Waals surface area contributed by atoms with Crippen LogP contribution >= 0.6 is 0 Å². The van der Waals surface area contributed by atoms with Crippen molar-refractivity contribution in [3.8, 4) is 11.5 Å². The largest absolute Gasteiger partial charge is 0.586 e. The van der Waals surface area contributed by atoms with E-state index in [1.54, 1.807) is 12.1 Å². The maximum absolute atomic E-state index is 13.1. The molecule has 8 heteroatoms. The molecule has 6 nitrogen and oxygen atoms in total. The first kappa shape index (κ1) is 16.3. The molecule has 1 aliphatic heterocycles. The third-order valence-corrected chi connectivity index (χ3v) is 3.85. The van der Waals surface area contributed by atoms with Gasteiger partial charge >= 0.3 is 6.29 Å². The van der Waals surface area contributed by atoms with Crippen molar-refractivity contribution >= 4 is 22.6 Å². The highest BCUT2D eigenvalue weighted by Crippen LogP contribution is 2.42. The molecule has 2 heterocycles. The highest BCUT2D eigenvalue weighted by atomic mass is 19.3. The van der Waals surface area contributed by atoms with Crippen molar-refractivity contribution in [2.75, 3.05) is 12.4 Å². The average molecular weight is 361 g/mol. The number of hydrogen-bond acceptors (Lipinski definition) is 5. The number of anilines is 1. The van der Waals surface area contributed by atoms with Crippen molar-refractivity contribution in [1.29, 1.82) is 0 Å². The fraction of sp³-hybridized carbons (Fsp3) is 0.167. The maximum Gasteiger partial charge on any atom is 0.586 e. The van der Waals surface area contributed by atoms with Gasteiger partial charge in [0, 0.05) is 29.8 Å². The van der Waals surface area contributed by atoms with E-state index in [1.165, 1.54) is 25.3 Å². The van der Waals surface area contributed by atoms with E-state index in [9.17, 15) is 13.6 Å². The number of ether oxygens (including phenoxy) is 3. The number of methoxy groups -OCH3 is 1. The molecule has 0 unspecified atom stereocenters. The van der Waals surface area contributed by atoms with Gasteiger partial charge in [-0.2, -0.15) is 0 Å². The molecule has 1 amide bonds. The number of alkyl halides is 2. The van der Waals surface area contributed by atoms with Gasteiger partial charge in [-0.25, -0.2) is 0 Å². The van der Waals surface area contributed by atoms with Crippen LogP contribution in [0.1, 0.15) is 16.1 Å². The monoisotopic (exact) mass is 361 g/mol. The standard InChI is InChI=1S/C18H13F2NO5/c1-23-9-12-11-4-2-3-5-13(11)24-16(12)17(22)21-10-6-7-14-15(8-10)26-18(19,20)25-14/h2-8H,9H2,1H3,(H,21,22). The lowest BCUT2D eigenvalue weighted by Gasteiger charge is -2.06. The molecule has 0 atom stereocenters. The lowest BCUT2D eigenvalue weighted by Crippen LogP contribution is -2.25. The first-order chi connectivity index (χ1) is 12.5. The lowest BCUT2D eigenvalue weighted by molar-refractivity contribution is -0.286. The summed E-state index contributed by atoms with van der Waals surface area (Å²) in [6.45, 7) is 0.188. The van der Waals surface area contributed by atoms with E-state index in [2.05, 4.69) is 14.8 Å². The quantitative estimate of drug-likeness (QED) is 0.756. The Bertz CT molecular complexity index is 998. The van der Waals surface area contributed by atoms with Gasteiger partial charge in [0.25, 0.3) is 5.91 Å². The Balaban J connectivity index is 1.63. The molecule has 0 saturated carbocycles. The Morgan fingerprint density at radius 1 is 1.15 bits per heavy atom. The third kappa shape index (κ3) is 2.84. The SMILES string of the molecule is COCc1c(C(=O)Nc2ccc3c(c2)OC(F)(F)O3)oc2ccccc12. The Kier molecular flexibility index (Phi) is 3.77. The van der Waals surface area contributed by atoms with Crippen LogP contribution < -0.4 is 14.8 Å². The summed E-state index contributed by atoms with van der Waals surface area (Å²) in [5, 5.41) is 3.37. The van der Waals surface area contributed by atoms with Crippen LogP contribution in [-0.4, -0.2) is 19.3 Å². The molecule has 1 aliphatic rings. The number of fused-ring (bicyclic) bond motifs is 2. The van der Waals surface area contributed by atoms with Gasteiger partial charge in [0.15, 0.2) is 17.3 Å². The number of nitrogens with one attached hydrogen (secondary N) is 1. The molecule has 4 rings (SSSR count). The van der Waals surface area contributed by atoms with Crippen LogP contribution in [0.25, 0.3) is 11.0 Å². The molecule has 0 spiro atoms. The highest BCUT2D eigenvalue weighted by molar-refractivity contribution is 6.06. The Labute approximate surface area is 146 Å². The van der Waals surface area contributed by atoms with E-state index in [4.69, 9.17) is 9.15 Å². The van der Waals surface area contributed by atoms with Gasteiger partial charge < -0.3 is 23.9 Å². The minimum absolute atomic E-state index is 0.0936. The zero-order chi connectivity index (χ0) is 18.3. The smallest absolute Gasteiger partial charge is 0.451 e. The molecule has 134 valence electrons. The number of hydrogen-bond donors (Lipinski definition) is 1. The number of carbonyl (C=O) groups is 1. The average Bonchev–Trinajstić information content (AvgIpc) is 3.11. The second-order valence-electron chi connectivity index (χ2n) is 5.62. The van der Waals surface area contributed by atoms with E-state index < -0.39 is 12.2 Å². The maximum atomic E-state index is 13.1. The van der Waals surface area contributed by atoms with Gasteiger partial charge in [-0.3, -0.25) is 4.79 Å². The fourth-order valence-corrected chi connectivity index (χ4v) is 2.78. The number of amides is 1. The van der Waals surface area contributed by atoms with Crippen LogP contribution in [0.4, 0.5) is 14.5 Å². The highest BCUT2D eigenvalue weighted by Gasteiger charge is 2.43. The van der Waals surface area contributed by atoms with Gasteiger partial charge in [0.2, 0.25) is 0 Å². The zero-order valence-corrected chi connectivity index (χ0v) is 13.5. The van der Waals surface area contributed by atoms with Gasteiger partial charge in [0.1, 0.15) is 5.58 Å². The number of rotatable bonds is 4. The van der Waals surface area contributed by atoms with Crippen LogP contribution in [-0.2, 0) is 11.3 Å². The molecule has 2 aromatic carbocycles. The molecular weight excluding hydrogens is 348 g/mol. The van der Waals surface area contributed by atoms with Crippen LogP contribution in [0, 0.1) is 0 Å². The molecule has 26 heavy (non-hydrogen) atoms. The van der Waals surface area contributed by atoms with Crippen LogP contribution in [0.3, 0.4) is 0 Å². The van der Waals surface area contributed by atoms with Crippen molar-refractivity contribution in [1.82, 2.24) is 0 Å². The summed E-state index contributed by atoms with van der Waals surface area (Å²) in [6.07, 6.45) is -3.71. The molecule has 1 N–H and O–H groups in total. The molecule has 3 aromatic rings. The van der Waals surface area contributed by atoms with E-state index in [0.29, 0.717) is 11.1 Å². The van der Waals surface area contributed by atoms with Gasteiger partial charge in [0.05, 0.1) is 6.61 Å². The van der Waals surface area contributed by atoms with Gasteiger partial charge in [-0.1, -0.05) is 18.2 Å². The zero-order valence-electron chi connectivity index (χ0n) is 13.5. The van der Waals surface area contributed by atoms with Crippen molar-refractivity contribution in [2.24, 2.45) is 0 Å². The summed E-state index contributed by atoms with van der Waals surface area (Å²) in [6, 6.07) is 11.2. The van der Waals surface area contributed by atoms with E-state index in [1.807, 2.05) is 12.1 Å². The molecular formula is C18H13F2NO5. The number of halogens is 2. The first-order valence-corrected chi connectivity index (χ1v) is 7.67. The first-order valence-electron chi connectivity index (χ1n) is 7.67. The van der Waals surface area contributed by atoms with E-state index >= 15 is 0 Å². The Hall–Kier alpha value is -3.13. The van der Waals surface area contributed by atoms with Gasteiger partial charge in [-0.15, -0.1) is 8.78 Å². The molecule has 0 fully saturated rings. The van der Waals surface area contributed by atoms with Crippen molar-refractivity contribution in [2.45, 2.75) is 12.9 Å². The topological polar surface area (TPSA) is 69.9 Å². The minimum atomic E-state index is -3.71. The van der Waals surface area contributed by atoms with E-state index in [0.717, 1.165) is 5.39 Å². The summed E-state index contributed by atoms with van der Waals surface area (Å²) in [4.78, 5) is 12.6. The summed E-state index contributed by atoms with van der Waals surface area (Å²) in [7, 11) is 1.52. The predicted molar refractivity (Wildman–Crippen MR) is 87.5 cm³/mol. The van der Waals surface area contributed by atoms with E-state index in [-0.39, 0.29) is 29.6 Å². The third-order valence-electron chi connectivity index (χ3n) is 3.85. The lowest BCUT2D eigenvalue weighted by atomic mass is 10.1. The second kappa shape index (κ2) is 5.99. The molecule has 0 bridgehead atoms. The van der Waals surface area contributed by atoms with Crippen molar-refractivity contribution in [3.05, 3.63) is 53.8 Å². The number of furan rings is 1. The van der Waals surface area contributed by atoms with Gasteiger partial charge in [-0.05, 0) is 18.2 Å². The number of para-hydroxylation sites is 1. The molecule has 1 aromatic heterocycles. The van der Waals surface area contributed by atoms with Crippen LogP contribution in [0.2, 0.25) is 0 Å². The normalized spacial score (nSPS) is 14.6. The van der Waals surface area contributed by atoms with Crippen molar-refractivity contribution < 1.29 is 32.2 Å². The molecule has 0 aliphatic carbocycles. The Morgan fingerprint density at radius 2 is 1.92 bits per heavy atom. The van der Waals surface area contributed by atoms with Crippen LogP contribution in [0.5, 0.6) is 11.5 Å². The van der Waals surface area contributed by atoms with Crippen LogP contribution in [0.15, 0.2) is 46.9 Å². The summed E-state index contributed by atoms with van der Waals surface area (Å²) < 4.78 is 45.7. The summed E-state index contributed by atoms with van der Waals surface area (Å²) in [5.74, 6) is -0.693. The van der Waals surface area contributed by atoms with Crippen molar-refractivity contribution in [3.63, 3.8) is 0 Å². The Morgan fingerprint density at radius 3 is 2.73 bits per heavy atom. The predicted octanol–water partition coefficient (Wildman–Crippen LogP) is 4.15. The summed E-state index contributed by atoms with van der Waals surface area (Å²) in [5.41, 5.74) is 1.42. The summed E-state index contributed by atoms with van der Waals surface area (Å²) >= 11 is 0. The number of benzene rings is 2. The second-order valence-corrected chi connectivity index (χ2v) is 5.62. The molecule has 0 saturated heterocycles. The minimum Gasteiger partial charge on any atom is -0.451 e. The fourth-order valence-electron chi connectivity index (χ4n) is 2.78. The molecule has 0 radical (unpaired) electrons.